The number of nitrogens with one attached hydrogen (secondary N) is 1. The topological polar surface area (TPSA) is 122 Å². The summed E-state index contributed by atoms with van der Waals surface area (Å²) in [6.45, 7) is 1.73. The van der Waals surface area contributed by atoms with E-state index in [-0.39, 0.29) is 29.8 Å². The molecule has 2 aromatic carbocycles. The van der Waals surface area contributed by atoms with Gasteiger partial charge in [-0.25, -0.2) is 4.79 Å². The number of methoxy groups -OCH3 is 1. The number of hydrogen-bond donors (Lipinski definition) is 1. The van der Waals surface area contributed by atoms with Crippen molar-refractivity contribution < 1.29 is 33.4 Å². The third kappa shape index (κ3) is 6.30. The van der Waals surface area contributed by atoms with E-state index < -0.39 is 36.2 Å². The van der Waals surface area contributed by atoms with E-state index in [1.807, 2.05) is 19.1 Å². The molecule has 10 nitrogen and oxygen atoms in total. The third-order valence-electron chi connectivity index (χ3n) is 5.41. The maximum absolute atomic E-state index is 12.6. The van der Waals surface area contributed by atoms with Crippen LogP contribution in [0, 0.1) is 6.92 Å². The van der Waals surface area contributed by atoms with Crippen LogP contribution in [0.15, 0.2) is 42.5 Å². The summed E-state index contributed by atoms with van der Waals surface area (Å²) in [6.07, 6.45) is 0.496. The minimum absolute atomic E-state index is 0.0382. The Kier molecular flexibility index (Phi) is 8.32. The summed E-state index contributed by atoms with van der Waals surface area (Å²) in [7, 11) is 2.95. The molecule has 1 N–H and O–H groups in total. The van der Waals surface area contributed by atoms with E-state index in [0.717, 1.165) is 15.4 Å². The molecule has 0 spiro atoms. The summed E-state index contributed by atoms with van der Waals surface area (Å²) in [5, 5.41) is 2.69. The first-order chi connectivity index (χ1) is 16.7. The van der Waals surface area contributed by atoms with Crippen LogP contribution < -0.4 is 5.32 Å². The van der Waals surface area contributed by atoms with Crippen molar-refractivity contribution in [3.63, 3.8) is 0 Å². The van der Waals surface area contributed by atoms with Crippen LogP contribution in [0.1, 0.15) is 43.1 Å². The van der Waals surface area contributed by atoms with Gasteiger partial charge in [0, 0.05) is 33.0 Å². The number of esters is 1. The van der Waals surface area contributed by atoms with Crippen LogP contribution in [0.4, 0.5) is 5.69 Å². The van der Waals surface area contributed by atoms with Crippen molar-refractivity contribution >= 4 is 35.3 Å². The van der Waals surface area contributed by atoms with Crippen molar-refractivity contribution in [1.29, 1.82) is 0 Å². The molecule has 0 bridgehead atoms. The number of amides is 4. The maximum Gasteiger partial charge on any atom is 0.338 e. The fraction of sp³-hybridized carbons (Fsp3) is 0.320. The number of fused-ring (bicyclic) bond motifs is 1. The zero-order chi connectivity index (χ0) is 25.5. The molecule has 0 aromatic heterocycles. The molecular weight excluding hydrogens is 454 g/mol. The number of aryl methyl sites for hydroxylation is 1. The minimum Gasteiger partial charge on any atom is -0.452 e. The van der Waals surface area contributed by atoms with Crippen LogP contribution in [0.2, 0.25) is 0 Å². The highest BCUT2D eigenvalue weighted by atomic mass is 16.5. The van der Waals surface area contributed by atoms with E-state index in [0.29, 0.717) is 18.7 Å². The Morgan fingerprint density at radius 1 is 1.00 bits per heavy atom. The molecule has 0 unspecified atom stereocenters. The van der Waals surface area contributed by atoms with Crippen molar-refractivity contribution in [3.05, 3.63) is 64.7 Å². The lowest BCUT2D eigenvalue weighted by atomic mass is 10.1. The number of likely N-dealkylation sites (N-methyl/N-ethyl adjacent to an activating group) is 1. The van der Waals surface area contributed by atoms with Gasteiger partial charge in [-0.2, -0.15) is 0 Å². The lowest BCUT2D eigenvalue weighted by Crippen LogP contribution is -2.37. The molecule has 0 fully saturated rings. The summed E-state index contributed by atoms with van der Waals surface area (Å²) in [5.41, 5.74) is 2.01. The quantitative estimate of drug-likeness (QED) is 0.312. The lowest BCUT2D eigenvalue weighted by Gasteiger charge is -2.17. The molecular formula is C25H27N3O7. The van der Waals surface area contributed by atoms with Gasteiger partial charge in [0.25, 0.3) is 17.7 Å². The molecule has 1 heterocycles. The molecule has 1 aliphatic rings. The van der Waals surface area contributed by atoms with Crippen molar-refractivity contribution in [2.45, 2.75) is 13.3 Å². The average Bonchev–Trinajstić information content (AvgIpc) is 3.08. The SMILES string of the molecule is COCCCN1C(=O)c2ccc(C(=O)OCC(=O)N(C)CC(=O)Nc3ccc(C)cc3)cc2C1=O. The number of carbonyl (C=O) groups is 5. The standard InChI is InChI=1S/C25H27N3O7/c1-16-5-8-18(9-6-16)26-21(29)14-27(2)22(30)15-35-25(33)17-7-10-19-20(13-17)24(32)28(23(19)31)11-4-12-34-3/h5-10,13H,4,11-12,14-15H2,1-3H3,(H,26,29). The summed E-state index contributed by atoms with van der Waals surface area (Å²) < 4.78 is 10.0. The summed E-state index contributed by atoms with van der Waals surface area (Å²) in [5.74, 6) is -2.72. The monoisotopic (exact) mass is 481 g/mol. The Morgan fingerprint density at radius 2 is 1.69 bits per heavy atom. The van der Waals surface area contributed by atoms with Crippen molar-refractivity contribution in [2.75, 3.05) is 45.8 Å². The van der Waals surface area contributed by atoms with E-state index in [4.69, 9.17) is 9.47 Å². The molecule has 0 saturated carbocycles. The van der Waals surface area contributed by atoms with Crippen LogP contribution in [-0.2, 0) is 19.1 Å². The van der Waals surface area contributed by atoms with Crippen LogP contribution in [0.5, 0.6) is 0 Å². The number of benzene rings is 2. The summed E-state index contributed by atoms with van der Waals surface area (Å²) in [4.78, 5) is 64.2. The van der Waals surface area contributed by atoms with Crippen molar-refractivity contribution in [3.8, 4) is 0 Å². The number of nitrogens with zero attached hydrogens (tertiary/aromatic N) is 2. The van der Waals surface area contributed by atoms with Crippen LogP contribution in [-0.4, -0.2) is 79.9 Å². The van der Waals surface area contributed by atoms with Gasteiger partial charge >= 0.3 is 5.97 Å². The van der Waals surface area contributed by atoms with Gasteiger partial charge in [0.05, 0.1) is 23.2 Å². The number of rotatable bonds is 10. The highest BCUT2D eigenvalue weighted by Crippen LogP contribution is 2.24. The largest absolute Gasteiger partial charge is 0.452 e. The zero-order valence-corrected chi connectivity index (χ0v) is 19.8. The Labute approximate surface area is 202 Å². The average molecular weight is 482 g/mol. The normalized spacial score (nSPS) is 12.4. The molecule has 1 aliphatic heterocycles. The highest BCUT2D eigenvalue weighted by Gasteiger charge is 2.35. The smallest absolute Gasteiger partial charge is 0.338 e. The second kappa shape index (κ2) is 11.4. The van der Waals surface area contributed by atoms with Gasteiger partial charge in [0.1, 0.15) is 0 Å². The maximum atomic E-state index is 12.6. The van der Waals surface area contributed by atoms with Gasteiger partial charge in [-0.15, -0.1) is 0 Å². The molecule has 10 heteroatoms. The van der Waals surface area contributed by atoms with E-state index in [9.17, 15) is 24.0 Å². The molecule has 3 rings (SSSR count). The predicted molar refractivity (Wildman–Crippen MR) is 126 cm³/mol. The first kappa shape index (κ1) is 25.6. The molecule has 0 saturated heterocycles. The van der Waals surface area contributed by atoms with Gasteiger partial charge < -0.3 is 19.7 Å². The second-order valence-corrected chi connectivity index (χ2v) is 8.11. The number of ether oxygens (including phenoxy) is 2. The molecule has 0 aliphatic carbocycles. The van der Waals surface area contributed by atoms with Crippen LogP contribution in [0.3, 0.4) is 0 Å². The van der Waals surface area contributed by atoms with Crippen LogP contribution in [0.25, 0.3) is 0 Å². The Bertz CT molecular complexity index is 1140. The van der Waals surface area contributed by atoms with E-state index in [1.165, 1.54) is 32.4 Å². The van der Waals surface area contributed by atoms with Gasteiger partial charge in [-0.1, -0.05) is 17.7 Å². The fourth-order valence-electron chi connectivity index (χ4n) is 3.45. The van der Waals surface area contributed by atoms with Crippen LogP contribution >= 0.6 is 0 Å². The molecule has 4 amide bonds. The second-order valence-electron chi connectivity index (χ2n) is 8.11. The first-order valence-electron chi connectivity index (χ1n) is 11.0. The molecule has 0 atom stereocenters. The van der Waals surface area contributed by atoms with Gasteiger partial charge in [-0.05, 0) is 43.7 Å². The zero-order valence-electron chi connectivity index (χ0n) is 19.8. The van der Waals surface area contributed by atoms with E-state index >= 15 is 0 Å². The number of carbonyl (C=O) groups excluding carboxylic acids is 5. The number of imide groups is 1. The van der Waals surface area contributed by atoms with Crippen molar-refractivity contribution in [1.82, 2.24) is 9.80 Å². The molecule has 184 valence electrons. The lowest BCUT2D eigenvalue weighted by molar-refractivity contribution is -0.136. The Hall–Kier alpha value is -4.05. The van der Waals surface area contributed by atoms with Gasteiger partial charge in [-0.3, -0.25) is 24.1 Å². The molecule has 2 aromatic rings. The van der Waals surface area contributed by atoms with Gasteiger partial charge in [0.15, 0.2) is 6.61 Å². The van der Waals surface area contributed by atoms with Crippen molar-refractivity contribution in [2.24, 2.45) is 0 Å². The third-order valence-corrected chi connectivity index (χ3v) is 5.41. The van der Waals surface area contributed by atoms with Gasteiger partial charge in [0.2, 0.25) is 5.91 Å². The van der Waals surface area contributed by atoms with E-state index in [1.54, 1.807) is 12.1 Å². The van der Waals surface area contributed by atoms with E-state index in [2.05, 4.69) is 5.32 Å². The summed E-state index contributed by atoms with van der Waals surface area (Å²) >= 11 is 0. The Balaban J connectivity index is 1.52. The summed E-state index contributed by atoms with van der Waals surface area (Å²) in [6, 6.07) is 11.3. The number of hydrogen-bond acceptors (Lipinski definition) is 7. The molecule has 35 heavy (non-hydrogen) atoms. The number of anilines is 1. The Morgan fingerprint density at radius 3 is 2.37 bits per heavy atom. The molecule has 0 radical (unpaired) electrons. The minimum atomic E-state index is -0.822. The first-order valence-corrected chi connectivity index (χ1v) is 11.0. The highest BCUT2D eigenvalue weighted by molar-refractivity contribution is 6.22. The predicted octanol–water partition coefficient (Wildman–Crippen LogP) is 1.88. The fourth-order valence-corrected chi connectivity index (χ4v) is 3.45.